The van der Waals surface area contributed by atoms with E-state index in [4.69, 9.17) is 16.3 Å². The van der Waals surface area contributed by atoms with Crippen molar-refractivity contribution in [1.29, 1.82) is 0 Å². The molecule has 2 rings (SSSR count). The first-order valence-electron chi connectivity index (χ1n) is 6.40. The molecular weight excluding hydrogens is 293 g/mol. The van der Waals surface area contributed by atoms with E-state index in [1.807, 2.05) is 0 Å². The van der Waals surface area contributed by atoms with Gasteiger partial charge in [0.05, 0.1) is 12.2 Å². The third-order valence-electron chi connectivity index (χ3n) is 3.29. The van der Waals surface area contributed by atoms with E-state index in [1.54, 1.807) is 11.9 Å². The highest BCUT2D eigenvalue weighted by Gasteiger charge is 2.32. The zero-order chi connectivity index (χ0) is 14.8. The summed E-state index contributed by atoms with van der Waals surface area (Å²) in [5.41, 5.74) is -0.778. The maximum Gasteiger partial charge on any atom is 0.416 e. The topological polar surface area (TPSA) is 25.4 Å². The van der Waals surface area contributed by atoms with Crippen molar-refractivity contribution >= 4 is 17.4 Å². The molecule has 112 valence electrons. The Labute approximate surface area is 120 Å². The van der Waals surface area contributed by atoms with Crippen LogP contribution in [0.5, 0.6) is 0 Å². The molecule has 1 saturated heterocycles. The number of aromatic nitrogens is 1. The second kappa shape index (κ2) is 6.18. The molecule has 1 aromatic heterocycles. The Balaban J connectivity index is 2.12. The third-order valence-corrected chi connectivity index (χ3v) is 3.48. The fourth-order valence-electron chi connectivity index (χ4n) is 2.27. The Hall–Kier alpha value is -1.01. The van der Waals surface area contributed by atoms with Crippen molar-refractivity contribution < 1.29 is 17.9 Å². The van der Waals surface area contributed by atoms with Crippen LogP contribution in [-0.2, 0) is 10.9 Å². The average Bonchev–Trinajstić information content (AvgIpc) is 2.38. The molecule has 20 heavy (non-hydrogen) atoms. The smallest absolute Gasteiger partial charge is 0.381 e. The van der Waals surface area contributed by atoms with Crippen molar-refractivity contribution in [1.82, 2.24) is 4.98 Å². The summed E-state index contributed by atoms with van der Waals surface area (Å²) in [6, 6.07) is 1.86. The second-order valence-electron chi connectivity index (χ2n) is 5.00. The first-order valence-corrected chi connectivity index (χ1v) is 6.77. The monoisotopic (exact) mass is 308 g/mol. The molecule has 7 heteroatoms. The molecule has 0 radical (unpaired) electrons. The quantitative estimate of drug-likeness (QED) is 0.798. The second-order valence-corrected chi connectivity index (χ2v) is 5.39. The lowest BCUT2D eigenvalue weighted by Gasteiger charge is -2.28. The summed E-state index contributed by atoms with van der Waals surface area (Å²) in [6.07, 6.45) is -2.43. The highest BCUT2D eigenvalue weighted by Crippen LogP contribution is 2.32. The maximum atomic E-state index is 12.7. The van der Waals surface area contributed by atoms with Gasteiger partial charge >= 0.3 is 6.18 Å². The molecule has 1 fully saturated rings. The molecule has 3 nitrogen and oxygen atoms in total. The minimum Gasteiger partial charge on any atom is -0.381 e. The number of rotatable bonds is 3. The number of alkyl halides is 3. The lowest BCUT2D eigenvalue weighted by Crippen LogP contribution is -2.31. The molecule has 0 amide bonds. The minimum absolute atomic E-state index is 0.151. The van der Waals surface area contributed by atoms with Gasteiger partial charge in [-0.05, 0) is 30.9 Å². The van der Waals surface area contributed by atoms with E-state index in [0.29, 0.717) is 19.1 Å². The highest BCUT2D eigenvalue weighted by molar-refractivity contribution is 6.29. The van der Waals surface area contributed by atoms with Gasteiger partial charge in [0.1, 0.15) is 11.0 Å². The van der Waals surface area contributed by atoms with Gasteiger partial charge in [0.25, 0.3) is 0 Å². The lowest BCUT2D eigenvalue weighted by atomic mass is 10.0. The molecule has 0 N–H and O–H groups in total. The third kappa shape index (κ3) is 3.99. The van der Waals surface area contributed by atoms with E-state index < -0.39 is 11.7 Å². The van der Waals surface area contributed by atoms with Crippen molar-refractivity contribution in [3.8, 4) is 0 Å². The van der Waals surface area contributed by atoms with E-state index in [1.165, 1.54) is 0 Å². The molecule has 2 heterocycles. The van der Waals surface area contributed by atoms with Gasteiger partial charge in [0.2, 0.25) is 0 Å². The number of hydrogen-bond donors (Lipinski definition) is 0. The van der Waals surface area contributed by atoms with E-state index in [9.17, 15) is 13.2 Å². The Kier molecular flexibility index (Phi) is 4.75. The molecule has 1 atom stereocenters. The zero-order valence-corrected chi connectivity index (χ0v) is 11.8. The van der Waals surface area contributed by atoms with Crippen LogP contribution in [0.4, 0.5) is 19.0 Å². The number of ether oxygens (including phenoxy) is 1. The molecule has 1 aromatic rings. The fraction of sp³-hybridized carbons (Fsp3) is 0.615. The summed E-state index contributed by atoms with van der Waals surface area (Å²) < 4.78 is 43.6. The number of hydrogen-bond acceptors (Lipinski definition) is 3. The van der Waals surface area contributed by atoms with Crippen LogP contribution in [0, 0.1) is 5.92 Å². The largest absolute Gasteiger partial charge is 0.416 e. The number of nitrogens with zero attached hydrogens (tertiary/aromatic N) is 2. The van der Waals surface area contributed by atoms with Crippen LogP contribution in [0.3, 0.4) is 0 Å². The van der Waals surface area contributed by atoms with Crippen molar-refractivity contribution in [3.63, 3.8) is 0 Å². The van der Waals surface area contributed by atoms with Crippen molar-refractivity contribution in [2.75, 3.05) is 31.7 Å². The Morgan fingerprint density at radius 1 is 1.45 bits per heavy atom. The Morgan fingerprint density at radius 3 is 2.80 bits per heavy atom. The summed E-state index contributed by atoms with van der Waals surface area (Å²) >= 11 is 5.68. The Bertz CT molecular complexity index is 461. The minimum atomic E-state index is -4.42. The van der Waals surface area contributed by atoms with Crippen LogP contribution < -0.4 is 4.90 Å². The summed E-state index contributed by atoms with van der Waals surface area (Å²) in [5, 5.41) is -0.151. The van der Waals surface area contributed by atoms with Gasteiger partial charge in [0.15, 0.2) is 0 Å². The average molecular weight is 309 g/mol. The molecule has 1 aliphatic heterocycles. The molecule has 1 aliphatic rings. The summed E-state index contributed by atoms with van der Waals surface area (Å²) in [7, 11) is 1.72. The van der Waals surface area contributed by atoms with Crippen molar-refractivity contribution in [2.24, 2.45) is 5.92 Å². The van der Waals surface area contributed by atoms with E-state index in [0.717, 1.165) is 31.6 Å². The van der Waals surface area contributed by atoms with Crippen LogP contribution in [0.15, 0.2) is 12.1 Å². The Morgan fingerprint density at radius 2 is 2.20 bits per heavy atom. The van der Waals surface area contributed by atoms with Crippen LogP contribution in [0.2, 0.25) is 5.15 Å². The molecule has 0 aromatic carbocycles. The molecule has 1 unspecified atom stereocenters. The summed E-state index contributed by atoms with van der Waals surface area (Å²) in [6.45, 7) is 2.00. The lowest BCUT2D eigenvalue weighted by molar-refractivity contribution is -0.137. The number of anilines is 1. The molecule has 0 saturated carbocycles. The highest BCUT2D eigenvalue weighted by atomic mass is 35.5. The summed E-state index contributed by atoms with van der Waals surface area (Å²) in [5.74, 6) is 0.541. The fourth-order valence-corrected chi connectivity index (χ4v) is 2.48. The van der Waals surface area contributed by atoms with Gasteiger partial charge in [-0.3, -0.25) is 0 Å². The van der Waals surface area contributed by atoms with E-state index in [2.05, 4.69) is 4.98 Å². The predicted octanol–water partition coefficient (Wildman–Crippen LogP) is 3.62. The molecular formula is C13H16ClF3N2O. The van der Waals surface area contributed by atoms with Gasteiger partial charge in [-0.25, -0.2) is 4.98 Å². The van der Waals surface area contributed by atoms with Crippen LogP contribution in [-0.4, -0.2) is 31.8 Å². The first-order chi connectivity index (χ1) is 9.36. The first kappa shape index (κ1) is 15.4. The van der Waals surface area contributed by atoms with E-state index in [-0.39, 0.29) is 11.0 Å². The van der Waals surface area contributed by atoms with Crippen LogP contribution in [0.1, 0.15) is 18.4 Å². The number of pyridine rings is 1. The van der Waals surface area contributed by atoms with Crippen molar-refractivity contribution in [2.45, 2.75) is 19.0 Å². The van der Waals surface area contributed by atoms with Gasteiger partial charge in [0, 0.05) is 20.2 Å². The number of halogens is 4. The van der Waals surface area contributed by atoms with E-state index >= 15 is 0 Å². The zero-order valence-electron chi connectivity index (χ0n) is 11.1. The normalized spacial score (nSPS) is 19.9. The standard InChI is InChI=1S/C13H16ClF3N2O/c1-19(7-9-3-2-4-20-8-9)12-6-10(13(15,16)17)5-11(14)18-12/h5-6,9H,2-4,7-8H2,1H3. The predicted molar refractivity (Wildman–Crippen MR) is 71.1 cm³/mol. The molecule has 0 aliphatic carbocycles. The summed E-state index contributed by atoms with van der Waals surface area (Å²) in [4.78, 5) is 5.66. The van der Waals surface area contributed by atoms with Gasteiger partial charge in [-0.2, -0.15) is 13.2 Å². The van der Waals surface area contributed by atoms with Crippen molar-refractivity contribution in [3.05, 3.63) is 22.8 Å². The van der Waals surface area contributed by atoms with Gasteiger partial charge < -0.3 is 9.64 Å². The van der Waals surface area contributed by atoms with Gasteiger partial charge in [-0.1, -0.05) is 11.6 Å². The van der Waals surface area contributed by atoms with Gasteiger partial charge in [-0.15, -0.1) is 0 Å². The molecule has 0 bridgehead atoms. The maximum absolute atomic E-state index is 12.7. The SMILES string of the molecule is CN(CC1CCCOC1)c1cc(C(F)(F)F)cc(Cl)n1. The van der Waals surface area contributed by atoms with Crippen LogP contribution in [0.25, 0.3) is 0 Å². The van der Waals surface area contributed by atoms with Crippen LogP contribution >= 0.6 is 11.6 Å². The molecule has 0 spiro atoms.